The lowest BCUT2D eigenvalue weighted by Gasteiger charge is -2.28. The van der Waals surface area contributed by atoms with Crippen LogP contribution in [0.2, 0.25) is 0 Å². The van der Waals surface area contributed by atoms with E-state index in [1.54, 1.807) is 17.3 Å². The summed E-state index contributed by atoms with van der Waals surface area (Å²) >= 11 is 0. The van der Waals surface area contributed by atoms with Crippen molar-refractivity contribution in [3.63, 3.8) is 0 Å². The molecule has 1 amide bonds. The van der Waals surface area contributed by atoms with E-state index in [4.69, 9.17) is 4.74 Å². The van der Waals surface area contributed by atoms with Gasteiger partial charge in [0.25, 0.3) is 5.91 Å². The molecule has 5 nitrogen and oxygen atoms in total. The maximum Gasteiger partial charge on any atom is 0.252 e. The fourth-order valence-corrected chi connectivity index (χ4v) is 3.07. The summed E-state index contributed by atoms with van der Waals surface area (Å²) in [6.45, 7) is 1.29. The Bertz CT molecular complexity index is 459. The number of carbonyl (C=O) groups excluding carboxylic acids is 1. The van der Waals surface area contributed by atoms with Crippen molar-refractivity contribution in [1.82, 2.24) is 9.88 Å². The lowest BCUT2D eigenvalue weighted by atomic mass is 10.0. The van der Waals surface area contributed by atoms with Crippen LogP contribution in [0.15, 0.2) is 24.5 Å². The van der Waals surface area contributed by atoms with Gasteiger partial charge in [0.2, 0.25) is 0 Å². The molecule has 0 aliphatic carbocycles. The van der Waals surface area contributed by atoms with Crippen LogP contribution in [0.25, 0.3) is 0 Å². The number of aromatic nitrogens is 1. The largest absolute Gasteiger partial charge is 0.391 e. The molecule has 20 heavy (non-hydrogen) atoms. The molecule has 2 aliphatic heterocycles. The maximum absolute atomic E-state index is 12.5. The molecule has 1 aromatic heterocycles. The van der Waals surface area contributed by atoms with Crippen molar-refractivity contribution in [2.45, 2.75) is 43.9 Å². The third kappa shape index (κ3) is 2.69. The van der Waals surface area contributed by atoms with Crippen LogP contribution in [0.3, 0.4) is 0 Å². The summed E-state index contributed by atoms with van der Waals surface area (Å²) in [6.07, 6.45) is 5.78. The van der Waals surface area contributed by atoms with Crippen LogP contribution in [-0.2, 0) is 16.0 Å². The van der Waals surface area contributed by atoms with Crippen LogP contribution in [0.5, 0.6) is 0 Å². The fraction of sp³-hybridized carbons (Fsp3) is 0.600. The van der Waals surface area contributed by atoms with E-state index in [1.165, 1.54) is 0 Å². The van der Waals surface area contributed by atoms with Gasteiger partial charge in [0, 0.05) is 25.5 Å². The number of amides is 1. The standard InChI is InChI=1S/C15H20N2O3/c18-13-5-8-17(15(19)14-2-1-9-20-14)12(13)10-11-3-6-16-7-4-11/h3-4,6-7,12-14,18H,1-2,5,8-10H2/t12-,13-,14+/m1/s1. The molecule has 2 saturated heterocycles. The van der Waals surface area contributed by atoms with Crippen molar-refractivity contribution in [3.8, 4) is 0 Å². The number of carbonyl (C=O) groups is 1. The molecule has 5 heteroatoms. The number of rotatable bonds is 3. The number of aliphatic hydroxyl groups is 1. The van der Waals surface area contributed by atoms with Gasteiger partial charge in [-0.25, -0.2) is 0 Å². The van der Waals surface area contributed by atoms with Gasteiger partial charge in [-0.3, -0.25) is 9.78 Å². The maximum atomic E-state index is 12.5. The second kappa shape index (κ2) is 5.89. The first kappa shape index (κ1) is 13.5. The molecular weight excluding hydrogens is 256 g/mol. The Hall–Kier alpha value is -1.46. The molecule has 1 N–H and O–H groups in total. The van der Waals surface area contributed by atoms with Gasteiger partial charge in [-0.1, -0.05) is 0 Å². The monoisotopic (exact) mass is 276 g/mol. The molecular formula is C15H20N2O3. The first-order valence-corrected chi connectivity index (χ1v) is 7.25. The zero-order valence-corrected chi connectivity index (χ0v) is 11.4. The van der Waals surface area contributed by atoms with Crippen molar-refractivity contribution < 1.29 is 14.6 Å². The van der Waals surface area contributed by atoms with Gasteiger partial charge in [-0.05, 0) is 43.4 Å². The fourth-order valence-electron chi connectivity index (χ4n) is 3.07. The van der Waals surface area contributed by atoms with Crippen molar-refractivity contribution in [1.29, 1.82) is 0 Å². The molecule has 0 bridgehead atoms. The number of hydrogen-bond acceptors (Lipinski definition) is 4. The summed E-state index contributed by atoms with van der Waals surface area (Å²) in [5.74, 6) is 0.0399. The van der Waals surface area contributed by atoms with Gasteiger partial charge < -0.3 is 14.7 Å². The van der Waals surface area contributed by atoms with Gasteiger partial charge in [0.1, 0.15) is 6.10 Å². The Morgan fingerprint density at radius 1 is 1.40 bits per heavy atom. The molecule has 0 radical (unpaired) electrons. The first-order valence-electron chi connectivity index (χ1n) is 7.25. The lowest BCUT2D eigenvalue weighted by Crippen LogP contribution is -2.45. The van der Waals surface area contributed by atoms with E-state index in [9.17, 15) is 9.90 Å². The smallest absolute Gasteiger partial charge is 0.252 e. The molecule has 2 fully saturated rings. The number of aliphatic hydroxyl groups excluding tert-OH is 1. The summed E-state index contributed by atoms with van der Waals surface area (Å²) in [6, 6.07) is 3.72. The van der Waals surface area contributed by atoms with Crippen LogP contribution >= 0.6 is 0 Å². The second-order valence-electron chi connectivity index (χ2n) is 5.52. The topological polar surface area (TPSA) is 62.7 Å². The van der Waals surface area contributed by atoms with Crippen LogP contribution in [0.4, 0.5) is 0 Å². The Labute approximate surface area is 118 Å². The normalized spacial score (nSPS) is 29.9. The summed E-state index contributed by atoms with van der Waals surface area (Å²) in [5, 5.41) is 10.2. The molecule has 3 rings (SSSR count). The van der Waals surface area contributed by atoms with Crippen LogP contribution < -0.4 is 0 Å². The van der Waals surface area contributed by atoms with E-state index in [0.717, 1.165) is 18.4 Å². The van der Waals surface area contributed by atoms with Crippen molar-refractivity contribution in [2.75, 3.05) is 13.2 Å². The number of likely N-dealkylation sites (tertiary alicyclic amines) is 1. The van der Waals surface area contributed by atoms with Crippen molar-refractivity contribution in [2.24, 2.45) is 0 Å². The van der Waals surface area contributed by atoms with E-state index in [0.29, 0.717) is 26.0 Å². The number of nitrogens with zero attached hydrogens (tertiary/aromatic N) is 2. The molecule has 108 valence electrons. The summed E-state index contributed by atoms with van der Waals surface area (Å²) in [7, 11) is 0. The average molecular weight is 276 g/mol. The minimum atomic E-state index is -0.450. The molecule has 3 heterocycles. The van der Waals surface area contributed by atoms with Gasteiger partial charge in [-0.15, -0.1) is 0 Å². The number of ether oxygens (including phenoxy) is 1. The molecule has 1 aromatic rings. The molecule has 3 atom stereocenters. The van der Waals surface area contributed by atoms with E-state index in [2.05, 4.69) is 4.98 Å². The van der Waals surface area contributed by atoms with E-state index < -0.39 is 6.10 Å². The number of hydrogen-bond donors (Lipinski definition) is 1. The Morgan fingerprint density at radius 3 is 2.90 bits per heavy atom. The minimum Gasteiger partial charge on any atom is -0.391 e. The predicted molar refractivity (Wildman–Crippen MR) is 73.0 cm³/mol. The van der Waals surface area contributed by atoms with E-state index in [1.807, 2.05) is 12.1 Å². The van der Waals surface area contributed by atoms with Crippen LogP contribution in [0, 0.1) is 0 Å². The molecule has 0 saturated carbocycles. The van der Waals surface area contributed by atoms with Gasteiger partial charge in [0.05, 0.1) is 12.1 Å². The third-order valence-corrected chi connectivity index (χ3v) is 4.19. The van der Waals surface area contributed by atoms with Crippen molar-refractivity contribution >= 4 is 5.91 Å². The molecule has 0 aromatic carbocycles. The van der Waals surface area contributed by atoms with Gasteiger partial charge in [-0.2, -0.15) is 0 Å². The zero-order chi connectivity index (χ0) is 13.9. The second-order valence-corrected chi connectivity index (χ2v) is 5.52. The highest BCUT2D eigenvalue weighted by atomic mass is 16.5. The molecule has 2 aliphatic rings. The van der Waals surface area contributed by atoms with Crippen LogP contribution in [0.1, 0.15) is 24.8 Å². The van der Waals surface area contributed by atoms with Gasteiger partial charge in [0.15, 0.2) is 0 Å². The number of pyridine rings is 1. The van der Waals surface area contributed by atoms with Crippen molar-refractivity contribution in [3.05, 3.63) is 30.1 Å². The Balaban J connectivity index is 1.71. The average Bonchev–Trinajstić information content (AvgIpc) is 3.11. The Kier molecular flexibility index (Phi) is 3.98. The highest BCUT2D eigenvalue weighted by molar-refractivity contribution is 5.81. The molecule has 0 spiro atoms. The van der Waals surface area contributed by atoms with Gasteiger partial charge >= 0.3 is 0 Å². The SMILES string of the molecule is O=C([C@@H]1CCCO1)N1CC[C@@H](O)[C@H]1Cc1ccncc1. The lowest BCUT2D eigenvalue weighted by molar-refractivity contribution is -0.142. The predicted octanol–water partition coefficient (Wildman–Crippen LogP) is 0.765. The van der Waals surface area contributed by atoms with E-state index in [-0.39, 0.29) is 18.1 Å². The first-order chi connectivity index (χ1) is 9.75. The summed E-state index contributed by atoms with van der Waals surface area (Å²) < 4.78 is 5.48. The highest BCUT2D eigenvalue weighted by Crippen LogP contribution is 2.25. The molecule has 0 unspecified atom stereocenters. The summed E-state index contributed by atoms with van der Waals surface area (Å²) in [5.41, 5.74) is 1.09. The Morgan fingerprint density at radius 2 is 2.20 bits per heavy atom. The van der Waals surface area contributed by atoms with E-state index >= 15 is 0 Å². The summed E-state index contributed by atoms with van der Waals surface area (Å²) in [4.78, 5) is 18.3. The quantitative estimate of drug-likeness (QED) is 0.885. The zero-order valence-electron chi connectivity index (χ0n) is 11.4. The minimum absolute atomic E-state index is 0.0399. The highest BCUT2D eigenvalue weighted by Gasteiger charge is 2.39. The third-order valence-electron chi connectivity index (χ3n) is 4.19. The van der Waals surface area contributed by atoms with Crippen LogP contribution in [-0.4, -0.2) is 52.3 Å².